The molecule has 0 spiro atoms. The smallest absolute Gasteiger partial charge is 0.222 e. The Hall–Kier alpha value is -3.86. The van der Waals surface area contributed by atoms with Gasteiger partial charge in [0.1, 0.15) is 34.6 Å². The highest BCUT2D eigenvalue weighted by Crippen LogP contribution is 2.41. The topological polar surface area (TPSA) is 9.23 Å². The van der Waals surface area contributed by atoms with Gasteiger partial charge in [-0.05, 0) is 64.6 Å². The molecule has 0 amide bonds. The fourth-order valence-corrected chi connectivity index (χ4v) is 4.28. The molecule has 0 radical (unpaired) electrons. The van der Waals surface area contributed by atoms with E-state index in [4.69, 9.17) is 0 Å². The van der Waals surface area contributed by atoms with Gasteiger partial charge in [-0.1, -0.05) is 49.7 Å². The number of hydrogen-bond donors (Lipinski definition) is 0. The molecule has 0 saturated carbocycles. The van der Waals surface area contributed by atoms with E-state index in [1.807, 2.05) is 31.2 Å². The first-order chi connectivity index (χ1) is 18.7. The minimum Gasteiger partial charge on any atom is -0.222 e. The van der Waals surface area contributed by atoms with Crippen molar-refractivity contribution in [2.75, 3.05) is 0 Å². The normalized spacial score (nSPS) is 12.2. The number of benzene rings is 4. The Kier molecular flexibility index (Phi) is 7.98. The first-order valence-electron chi connectivity index (χ1n) is 11.7. The zero-order valence-corrected chi connectivity index (χ0v) is 20.5. The summed E-state index contributed by atoms with van der Waals surface area (Å²) in [7, 11) is 0. The summed E-state index contributed by atoms with van der Waals surface area (Å²) in [5, 5.41) is 0. The monoisotopic (exact) mass is 572 g/mol. The molecule has 4 rings (SSSR count). The van der Waals surface area contributed by atoms with Crippen molar-refractivity contribution in [2.24, 2.45) is 0 Å². The zero-order valence-electron chi connectivity index (χ0n) is 20.5. The van der Waals surface area contributed by atoms with Gasteiger partial charge >= 0.3 is 12.5 Å². The van der Waals surface area contributed by atoms with E-state index in [0.717, 1.165) is 18.4 Å². The number of rotatable bonds is 7. The quantitative estimate of drug-likeness (QED) is 0.200. The molecule has 1 nitrogen and oxygen atoms in total. The summed E-state index contributed by atoms with van der Waals surface area (Å²) in [6.07, 6.45) is -9.57. The van der Waals surface area contributed by atoms with Gasteiger partial charge in [0.15, 0.2) is 0 Å². The lowest BCUT2D eigenvalue weighted by Crippen LogP contribution is -2.29. The van der Waals surface area contributed by atoms with Gasteiger partial charge in [0, 0.05) is 5.56 Å². The maximum absolute atomic E-state index is 15.0. The predicted octanol–water partition coefficient (Wildman–Crippen LogP) is 9.92. The number of halogens is 10. The highest BCUT2D eigenvalue weighted by Gasteiger charge is 2.49. The van der Waals surface area contributed by atoms with Gasteiger partial charge in [-0.3, -0.25) is 0 Å². The molecule has 0 fully saturated rings. The average molecular weight is 572 g/mol. The number of aryl methyl sites for hydroxylation is 1. The molecule has 4 aromatic rings. The van der Waals surface area contributed by atoms with E-state index in [9.17, 15) is 43.9 Å². The first kappa shape index (κ1) is 29.1. The third-order valence-electron chi connectivity index (χ3n) is 6.01. The molecule has 0 aliphatic carbocycles. The van der Waals surface area contributed by atoms with E-state index in [1.54, 1.807) is 0 Å². The molecule has 0 unspecified atom stereocenters. The van der Waals surface area contributed by atoms with Crippen LogP contribution in [0.25, 0.3) is 33.4 Å². The van der Waals surface area contributed by atoms with E-state index in [2.05, 4.69) is 4.74 Å². The molecular formula is C29H18F10O. The van der Waals surface area contributed by atoms with Gasteiger partial charge in [-0.2, -0.15) is 8.78 Å². The second-order valence-electron chi connectivity index (χ2n) is 8.84. The van der Waals surface area contributed by atoms with Crippen molar-refractivity contribution in [3.63, 3.8) is 0 Å². The Labute approximate surface area is 221 Å². The van der Waals surface area contributed by atoms with E-state index in [1.165, 1.54) is 18.2 Å². The molecule has 0 atom stereocenters. The molecule has 0 N–H and O–H groups in total. The van der Waals surface area contributed by atoms with Crippen LogP contribution in [0.15, 0.2) is 66.7 Å². The van der Waals surface area contributed by atoms with Crippen LogP contribution in [0.1, 0.15) is 24.5 Å². The van der Waals surface area contributed by atoms with Gasteiger partial charge in [-0.15, -0.1) is 13.2 Å². The Balaban J connectivity index is 1.68. The first-order valence-corrected chi connectivity index (χ1v) is 11.7. The predicted molar refractivity (Wildman–Crippen MR) is 128 cm³/mol. The third kappa shape index (κ3) is 6.14. The molecule has 0 aliphatic heterocycles. The van der Waals surface area contributed by atoms with Crippen LogP contribution in [0.3, 0.4) is 0 Å². The van der Waals surface area contributed by atoms with Crippen LogP contribution >= 0.6 is 0 Å². The minimum absolute atomic E-state index is 0.0361. The Morgan fingerprint density at radius 2 is 1.07 bits per heavy atom. The molecule has 0 heterocycles. The molecule has 0 aromatic heterocycles. The van der Waals surface area contributed by atoms with Crippen molar-refractivity contribution < 1.29 is 48.6 Å². The minimum atomic E-state index is -5.94. The van der Waals surface area contributed by atoms with Crippen LogP contribution in [0, 0.1) is 29.1 Å². The summed E-state index contributed by atoms with van der Waals surface area (Å²) in [6, 6.07) is 12.8. The van der Waals surface area contributed by atoms with Crippen molar-refractivity contribution >= 4 is 0 Å². The van der Waals surface area contributed by atoms with Crippen LogP contribution in [-0.4, -0.2) is 6.36 Å². The summed E-state index contributed by atoms with van der Waals surface area (Å²) in [5.74, 6) is -8.17. The van der Waals surface area contributed by atoms with E-state index >= 15 is 0 Å². The molecule has 0 saturated heterocycles. The second kappa shape index (κ2) is 11.0. The average Bonchev–Trinajstić information content (AvgIpc) is 2.82. The maximum atomic E-state index is 15.0. The zero-order chi connectivity index (χ0) is 29.4. The largest absolute Gasteiger partial charge is 0.527 e. The Morgan fingerprint density at radius 1 is 0.575 bits per heavy atom. The lowest BCUT2D eigenvalue weighted by molar-refractivity contribution is -0.432. The third-order valence-corrected chi connectivity index (χ3v) is 6.01. The van der Waals surface area contributed by atoms with Gasteiger partial charge in [0.25, 0.3) is 0 Å². The highest BCUT2D eigenvalue weighted by molar-refractivity contribution is 5.75. The lowest BCUT2D eigenvalue weighted by atomic mass is 9.95. The lowest BCUT2D eigenvalue weighted by Gasteiger charge is -2.20. The fourth-order valence-electron chi connectivity index (χ4n) is 4.28. The summed E-state index contributed by atoms with van der Waals surface area (Å²) in [5.41, 5.74) is -2.56. The molecule has 210 valence electrons. The van der Waals surface area contributed by atoms with Crippen molar-refractivity contribution in [3.05, 3.63) is 107 Å². The van der Waals surface area contributed by atoms with E-state index in [0.29, 0.717) is 23.3 Å². The van der Waals surface area contributed by atoms with Gasteiger partial charge in [0.2, 0.25) is 0 Å². The summed E-state index contributed by atoms with van der Waals surface area (Å²) in [6.45, 7) is 2.03. The molecule has 0 aliphatic rings. The van der Waals surface area contributed by atoms with Crippen LogP contribution in [0.2, 0.25) is 0 Å². The fraction of sp³-hybridized carbons (Fsp3) is 0.172. The van der Waals surface area contributed by atoms with Crippen molar-refractivity contribution in [3.8, 4) is 33.4 Å². The van der Waals surface area contributed by atoms with Crippen LogP contribution < -0.4 is 0 Å². The summed E-state index contributed by atoms with van der Waals surface area (Å²) < 4.78 is 140. The maximum Gasteiger partial charge on any atom is 0.527 e. The Morgan fingerprint density at radius 3 is 1.57 bits per heavy atom. The van der Waals surface area contributed by atoms with Crippen LogP contribution in [0.4, 0.5) is 43.9 Å². The van der Waals surface area contributed by atoms with Crippen LogP contribution in [0.5, 0.6) is 0 Å². The van der Waals surface area contributed by atoms with E-state index in [-0.39, 0.29) is 23.3 Å². The number of ether oxygens (including phenoxy) is 1. The molecular weight excluding hydrogens is 554 g/mol. The highest BCUT2D eigenvalue weighted by atomic mass is 19.4. The number of alkyl halides is 5. The molecule has 4 aromatic carbocycles. The van der Waals surface area contributed by atoms with Gasteiger partial charge in [0.05, 0.1) is 5.56 Å². The second-order valence-corrected chi connectivity index (χ2v) is 8.84. The molecule has 11 heteroatoms. The van der Waals surface area contributed by atoms with Crippen molar-refractivity contribution in [2.45, 2.75) is 32.2 Å². The summed E-state index contributed by atoms with van der Waals surface area (Å²) >= 11 is 0. The summed E-state index contributed by atoms with van der Waals surface area (Å²) in [4.78, 5) is 0. The van der Waals surface area contributed by atoms with Crippen molar-refractivity contribution in [1.82, 2.24) is 0 Å². The SMILES string of the molecule is CCCc1ccc(-c2ccc(-c3cc(F)c(-c4cc(F)c(C(F)(F)OC(F)(F)F)c(F)c4)c(F)c3)c(F)c2)cc1. The van der Waals surface area contributed by atoms with Gasteiger partial charge < -0.3 is 0 Å². The van der Waals surface area contributed by atoms with Crippen LogP contribution in [-0.2, 0) is 17.3 Å². The van der Waals surface area contributed by atoms with Crippen molar-refractivity contribution in [1.29, 1.82) is 0 Å². The molecule has 0 bridgehead atoms. The van der Waals surface area contributed by atoms with E-state index < -0.39 is 58.2 Å². The number of hydrogen-bond acceptors (Lipinski definition) is 1. The molecule has 40 heavy (non-hydrogen) atoms. The standard InChI is InChI=1S/C29H18F10O/c1-2-3-15-4-6-16(7-5-15)17-8-9-20(21(30)10-17)18-11-22(31)26(23(32)12-18)19-13-24(33)27(25(34)14-19)28(35,36)40-29(37,38)39/h4-14H,2-3H2,1H3. The Bertz CT molecular complexity index is 1500. The van der Waals surface area contributed by atoms with Gasteiger partial charge in [-0.25, -0.2) is 26.7 Å².